The van der Waals surface area contributed by atoms with Gasteiger partial charge in [0.2, 0.25) is 0 Å². The Morgan fingerprint density at radius 1 is 1.06 bits per heavy atom. The van der Waals surface area contributed by atoms with Crippen molar-refractivity contribution in [2.24, 2.45) is 5.41 Å². The lowest BCUT2D eigenvalue weighted by molar-refractivity contribution is 0.266. The molecule has 1 fully saturated rings. The lowest BCUT2D eigenvalue weighted by Gasteiger charge is -2.24. The molecule has 1 heterocycles. The van der Waals surface area contributed by atoms with E-state index < -0.39 is 0 Å². The lowest BCUT2D eigenvalue weighted by atomic mass is 9.90. The van der Waals surface area contributed by atoms with Crippen LogP contribution in [0.4, 0.5) is 0 Å². The molecule has 0 amide bonds. The summed E-state index contributed by atoms with van der Waals surface area (Å²) >= 11 is 0. The molecule has 1 unspecified atom stereocenters. The maximum absolute atomic E-state index is 3.34. The molecule has 0 spiro atoms. The summed E-state index contributed by atoms with van der Waals surface area (Å²) in [6, 6.07) is 0. The van der Waals surface area contributed by atoms with E-state index in [2.05, 4.69) is 31.1 Å². The highest BCUT2D eigenvalue weighted by Gasteiger charge is 2.32. The first-order chi connectivity index (χ1) is 8.70. The molecule has 108 valence electrons. The Kier molecular flexibility index (Phi) is 7.92. The maximum Gasteiger partial charge on any atom is 0.00480 e. The molecular weight excluding hydrogens is 220 g/mol. The molecule has 1 saturated heterocycles. The van der Waals surface area contributed by atoms with E-state index in [9.17, 15) is 0 Å². The van der Waals surface area contributed by atoms with Gasteiger partial charge in [0.05, 0.1) is 0 Å². The molecule has 0 aromatic carbocycles. The fourth-order valence-electron chi connectivity index (χ4n) is 3.18. The first-order valence-electron chi connectivity index (χ1n) is 8.07. The molecule has 0 radical (unpaired) electrons. The van der Waals surface area contributed by atoms with E-state index in [1.54, 1.807) is 0 Å². The SMILES string of the molecule is CCCCCCCCCN1CCC(C)(CNC)C1. The molecule has 0 aromatic rings. The number of unbranched alkanes of at least 4 members (excludes halogenated alkanes) is 6. The van der Waals surface area contributed by atoms with E-state index in [1.807, 2.05) is 0 Å². The van der Waals surface area contributed by atoms with Crippen LogP contribution in [0, 0.1) is 5.41 Å². The van der Waals surface area contributed by atoms with Crippen molar-refractivity contribution in [2.75, 3.05) is 33.2 Å². The molecule has 18 heavy (non-hydrogen) atoms. The van der Waals surface area contributed by atoms with Gasteiger partial charge in [-0.2, -0.15) is 0 Å². The number of nitrogens with one attached hydrogen (secondary N) is 1. The molecule has 1 N–H and O–H groups in total. The predicted molar refractivity (Wildman–Crippen MR) is 81.1 cm³/mol. The topological polar surface area (TPSA) is 15.3 Å². The minimum Gasteiger partial charge on any atom is -0.319 e. The third-order valence-electron chi connectivity index (χ3n) is 4.32. The van der Waals surface area contributed by atoms with Gasteiger partial charge in [-0.05, 0) is 38.4 Å². The highest BCUT2D eigenvalue weighted by Crippen LogP contribution is 2.29. The third-order valence-corrected chi connectivity index (χ3v) is 4.32. The van der Waals surface area contributed by atoms with Crippen LogP contribution in [-0.2, 0) is 0 Å². The molecule has 1 aliphatic rings. The van der Waals surface area contributed by atoms with E-state index in [-0.39, 0.29) is 0 Å². The minimum absolute atomic E-state index is 0.524. The van der Waals surface area contributed by atoms with E-state index >= 15 is 0 Å². The fraction of sp³-hybridized carbons (Fsp3) is 1.00. The number of nitrogens with zero attached hydrogens (tertiary/aromatic N) is 1. The monoisotopic (exact) mass is 254 g/mol. The average molecular weight is 254 g/mol. The molecule has 2 nitrogen and oxygen atoms in total. The first kappa shape index (κ1) is 16.0. The Labute approximate surface area is 115 Å². The Balaban J connectivity index is 1.97. The summed E-state index contributed by atoms with van der Waals surface area (Å²) < 4.78 is 0. The summed E-state index contributed by atoms with van der Waals surface area (Å²) in [5, 5.41) is 3.34. The second-order valence-electron chi connectivity index (χ2n) is 6.49. The minimum atomic E-state index is 0.524. The molecule has 0 bridgehead atoms. The van der Waals surface area contributed by atoms with Crippen LogP contribution >= 0.6 is 0 Å². The van der Waals surface area contributed by atoms with Gasteiger partial charge in [-0.15, -0.1) is 0 Å². The zero-order valence-corrected chi connectivity index (χ0v) is 12.9. The molecule has 1 atom stereocenters. The summed E-state index contributed by atoms with van der Waals surface area (Å²) in [6.45, 7) is 9.81. The van der Waals surface area contributed by atoms with Crippen molar-refractivity contribution in [3.05, 3.63) is 0 Å². The molecule has 1 rings (SSSR count). The van der Waals surface area contributed by atoms with Crippen LogP contribution in [0.5, 0.6) is 0 Å². The number of hydrogen-bond donors (Lipinski definition) is 1. The molecular formula is C16H34N2. The van der Waals surface area contributed by atoms with E-state index in [0.717, 1.165) is 0 Å². The Morgan fingerprint density at radius 3 is 2.39 bits per heavy atom. The van der Waals surface area contributed by atoms with Crippen LogP contribution in [-0.4, -0.2) is 38.1 Å². The summed E-state index contributed by atoms with van der Waals surface area (Å²) in [6.07, 6.45) is 11.3. The van der Waals surface area contributed by atoms with Crippen molar-refractivity contribution >= 4 is 0 Å². The third kappa shape index (κ3) is 6.19. The Bertz CT molecular complexity index is 205. The van der Waals surface area contributed by atoms with Crippen molar-refractivity contribution < 1.29 is 0 Å². The molecule has 2 heteroatoms. The Hall–Kier alpha value is -0.0800. The number of hydrogen-bond acceptors (Lipinski definition) is 2. The summed E-state index contributed by atoms with van der Waals surface area (Å²) in [4.78, 5) is 2.67. The number of likely N-dealkylation sites (tertiary alicyclic amines) is 1. The summed E-state index contributed by atoms with van der Waals surface area (Å²) in [7, 11) is 2.07. The zero-order chi connectivity index (χ0) is 13.3. The first-order valence-corrected chi connectivity index (χ1v) is 8.07. The van der Waals surface area contributed by atoms with Crippen LogP contribution in [0.15, 0.2) is 0 Å². The fourth-order valence-corrected chi connectivity index (χ4v) is 3.18. The van der Waals surface area contributed by atoms with Crippen molar-refractivity contribution in [2.45, 2.75) is 65.2 Å². The smallest absolute Gasteiger partial charge is 0.00480 e. The second-order valence-corrected chi connectivity index (χ2v) is 6.49. The predicted octanol–water partition coefficient (Wildman–Crippen LogP) is 3.67. The maximum atomic E-state index is 3.34. The second kappa shape index (κ2) is 8.92. The molecule has 0 aromatic heterocycles. The Morgan fingerprint density at radius 2 is 1.72 bits per heavy atom. The van der Waals surface area contributed by atoms with Crippen LogP contribution in [0.1, 0.15) is 65.2 Å². The molecule has 0 aliphatic carbocycles. The van der Waals surface area contributed by atoms with Gasteiger partial charge in [0, 0.05) is 13.1 Å². The van der Waals surface area contributed by atoms with Gasteiger partial charge < -0.3 is 10.2 Å². The van der Waals surface area contributed by atoms with E-state index in [0.29, 0.717) is 5.41 Å². The molecule has 0 saturated carbocycles. The van der Waals surface area contributed by atoms with Crippen molar-refractivity contribution in [1.82, 2.24) is 10.2 Å². The van der Waals surface area contributed by atoms with E-state index in [4.69, 9.17) is 0 Å². The van der Waals surface area contributed by atoms with Gasteiger partial charge in [-0.3, -0.25) is 0 Å². The van der Waals surface area contributed by atoms with Gasteiger partial charge in [0.25, 0.3) is 0 Å². The van der Waals surface area contributed by atoms with Gasteiger partial charge in [0.15, 0.2) is 0 Å². The van der Waals surface area contributed by atoms with Crippen LogP contribution in [0.2, 0.25) is 0 Å². The van der Waals surface area contributed by atoms with Crippen LogP contribution in [0.3, 0.4) is 0 Å². The van der Waals surface area contributed by atoms with Crippen LogP contribution < -0.4 is 5.32 Å². The highest BCUT2D eigenvalue weighted by molar-refractivity contribution is 4.87. The highest BCUT2D eigenvalue weighted by atomic mass is 15.2. The van der Waals surface area contributed by atoms with Gasteiger partial charge >= 0.3 is 0 Å². The van der Waals surface area contributed by atoms with E-state index in [1.165, 1.54) is 77.5 Å². The standard InChI is InChI=1S/C16H34N2/c1-4-5-6-7-8-9-10-12-18-13-11-16(2,15-18)14-17-3/h17H,4-15H2,1-3H3. The van der Waals surface area contributed by atoms with Crippen LogP contribution in [0.25, 0.3) is 0 Å². The normalized spacial score (nSPS) is 24.8. The zero-order valence-electron chi connectivity index (χ0n) is 12.9. The van der Waals surface area contributed by atoms with Gasteiger partial charge in [0.1, 0.15) is 0 Å². The summed E-state index contributed by atoms with van der Waals surface area (Å²) in [5.41, 5.74) is 0.524. The largest absolute Gasteiger partial charge is 0.319 e. The van der Waals surface area contributed by atoms with Gasteiger partial charge in [-0.1, -0.05) is 52.4 Å². The average Bonchev–Trinajstić information content (AvgIpc) is 2.70. The lowest BCUT2D eigenvalue weighted by Crippen LogP contribution is -2.33. The van der Waals surface area contributed by atoms with Crippen molar-refractivity contribution in [1.29, 1.82) is 0 Å². The van der Waals surface area contributed by atoms with Gasteiger partial charge in [-0.25, -0.2) is 0 Å². The van der Waals surface area contributed by atoms with Crippen molar-refractivity contribution in [3.63, 3.8) is 0 Å². The van der Waals surface area contributed by atoms with Crippen molar-refractivity contribution in [3.8, 4) is 0 Å². The quantitative estimate of drug-likeness (QED) is 0.598. The summed E-state index contributed by atoms with van der Waals surface area (Å²) in [5.74, 6) is 0. The number of rotatable bonds is 10. The molecule has 1 aliphatic heterocycles.